The van der Waals surface area contributed by atoms with Crippen LogP contribution in [0.5, 0.6) is 0 Å². The molecular weight excluding hydrogens is 240 g/mol. The van der Waals surface area contributed by atoms with Crippen molar-refractivity contribution in [2.75, 3.05) is 0 Å². The highest BCUT2D eigenvalue weighted by atomic mass is 32.1. The molecule has 1 nitrogen and oxygen atoms in total. The van der Waals surface area contributed by atoms with Gasteiger partial charge in [0.1, 0.15) is 0 Å². The van der Waals surface area contributed by atoms with Crippen LogP contribution in [-0.2, 0) is 0 Å². The molecule has 0 saturated heterocycles. The predicted octanol–water partition coefficient (Wildman–Crippen LogP) is 4.97. The molecule has 0 atom stereocenters. The number of fused-ring (bicyclic) bond motifs is 1. The van der Waals surface area contributed by atoms with Gasteiger partial charge in [0.2, 0.25) is 0 Å². The standard InChI is InChI=1S/C16H16OS/c17-15(11-12-5-2-1-3-6-12)14-8-4-7-13-9-10-18-16(13)14/h4,7-11H,1-3,5-6H2. The van der Waals surface area contributed by atoms with E-state index in [0.29, 0.717) is 0 Å². The molecule has 0 spiro atoms. The fraction of sp³-hybridized carbons (Fsp3) is 0.312. The first-order valence-electron chi connectivity index (χ1n) is 6.54. The summed E-state index contributed by atoms with van der Waals surface area (Å²) in [5.41, 5.74) is 2.19. The van der Waals surface area contributed by atoms with E-state index in [0.717, 1.165) is 23.1 Å². The van der Waals surface area contributed by atoms with Crippen molar-refractivity contribution in [2.45, 2.75) is 32.1 Å². The summed E-state index contributed by atoms with van der Waals surface area (Å²) in [6.45, 7) is 0. The Balaban J connectivity index is 1.94. The summed E-state index contributed by atoms with van der Waals surface area (Å²) in [7, 11) is 0. The Morgan fingerprint density at radius 2 is 1.94 bits per heavy atom. The van der Waals surface area contributed by atoms with Crippen molar-refractivity contribution in [3.05, 3.63) is 46.9 Å². The van der Waals surface area contributed by atoms with Crippen LogP contribution in [0.4, 0.5) is 0 Å². The lowest BCUT2D eigenvalue weighted by Gasteiger charge is -2.12. The predicted molar refractivity (Wildman–Crippen MR) is 77.3 cm³/mol. The molecule has 0 radical (unpaired) electrons. The Morgan fingerprint density at radius 3 is 2.78 bits per heavy atom. The van der Waals surface area contributed by atoms with Crippen LogP contribution in [0.1, 0.15) is 42.5 Å². The summed E-state index contributed by atoms with van der Waals surface area (Å²) >= 11 is 1.65. The average molecular weight is 256 g/mol. The molecule has 1 heterocycles. The second-order valence-corrected chi connectivity index (χ2v) is 5.79. The Hall–Kier alpha value is -1.41. The SMILES string of the molecule is O=C(C=C1CCCCC1)c1cccc2ccsc12. The zero-order valence-electron chi connectivity index (χ0n) is 10.3. The monoisotopic (exact) mass is 256 g/mol. The molecule has 92 valence electrons. The molecule has 2 aromatic rings. The molecule has 1 aromatic heterocycles. The molecule has 0 aliphatic heterocycles. The largest absolute Gasteiger partial charge is 0.289 e. The number of ketones is 1. The molecule has 0 amide bonds. The fourth-order valence-corrected chi connectivity index (χ4v) is 3.52. The van der Waals surface area contributed by atoms with Gasteiger partial charge in [-0.25, -0.2) is 0 Å². The number of rotatable bonds is 2. The third-order valence-corrected chi connectivity index (χ3v) is 4.54. The highest BCUT2D eigenvalue weighted by molar-refractivity contribution is 7.17. The zero-order chi connectivity index (χ0) is 12.4. The normalized spacial score (nSPS) is 15.9. The molecule has 1 saturated carbocycles. The molecule has 1 aliphatic carbocycles. The van der Waals surface area contributed by atoms with E-state index in [1.807, 2.05) is 18.2 Å². The van der Waals surface area contributed by atoms with E-state index >= 15 is 0 Å². The fourth-order valence-electron chi connectivity index (χ4n) is 2.60. The van der Waals surface area contributed by atoms with E-state index in [2.05, 4.69) is 17.5 Å². The van der Waals surface area contributed by atoms with Gasteiger partial charge in [-0.2, -0.15) is 0 Å². The molecule has 1 aliphatic rings. The first-order valence-corrected chi connectivity index (χ1v) is 7.42. The number of carbonyl (C=O) groups excluding carboxylic acids is 1. The van der Waals surface area contributed by atoms with Crippen molar-refractivity contribution >= 4 is 27.2 Å². The smallest absolute Gasteiger partial charge is 0.187 e. The van der Waals surface area contributed by atoms with Gasteiger partial charge in [-0.05, 0) is 54.7 Å². The second-order valence-electron chi connectivity index (χ2n) is 4.87. The average Bonchev–Trinajstić information content (AvgIpc) is 2.87. The second kappa shape index (κ2) is 5.07. The molecule has 2 heteroatoms. The zero-order valence-corrected chi connectivity index (χ0v) is 11.1. The minimum absolute atomic E-state index is 0.181. The number of thiophene rings is 1. The maximum absolute atomic E-state index is 12.4. The molecule has 1 aromatic carbocycles. The lowest BCUT2D eigenvalue weighted by Crippen LogP contribution is -2.00. The summed E-state index contributed by atoms with van der Waals surface area (Å²) in [6, 6.07) is 8.06. The molecular formula is C16H16OS. The Bertz CT molecular complexity index is 598. The van der Waals surface area contributed by atoms with Crippen LogP contribution in [0, 0.1) is 0 Å². The van der Waals surface area contributed by atoms with E-state index in [9.17, 15) is 4.79 Å². The Kier molecular flexibility index (Phi) is 3.28. The van der Waals surface area contributed by atoms with E-state index in [4.69, 9.17) is 0 Å². The van der Waals surface area contributed by atoms with Crippen molar-refractivity contribution < 1.29 is 4.79 Å². The maximum Gasteiger partial charge on any atom is 0.187 e. The number of benzene rings is 1. The topological polar surface area (TPSA) is 17.1 Å². The quantitative estimate of drug-likeness (QED) is 0.547. The van der Waals surface area contributed by atoms with Crippen molar-refractivity contribution in [2.24, 2.45) is 0 Å². The van der Waals surface area contributed by atoms with Crippen molar-refractivity contribution in [3.8, 4) is 0 Å². The Morgan fingerprint density at radius 1 is 1.11 bits per heavy atom. The van der Waals surface area contributed by atoms with Gasteiger partial charge < -0.3 is 0 Å². The van der Waals surface area contributed by atoms with Gasteiger partial charge in [-0.3, -0.25) is 4.79 Å². The van der Waals surface area contributed by atoms with Crippen LogP contribution in [-0.4, -0.2) is 5.78 Å². The molecule has 18 heavy (non-hydrogen) atoms. The van der Waals surface area contributed by atoms with Crippen LogP contribution in [0.3, 0.4) is 0 Å². The molecule has 1 fully saturated rings. The van der Waals surface area contributed by atoms with Crippen LogP contribution in [0.15, 0.2) is 41.3 Å². The summed E-state index contributed by atoms with van der Waals surface area (Å²) < 4.78 is 1.12. The van der Waals surface area contributed by atoms with Crippen molar-refractivity contribution in [1.29, 1.82) is 0 Å². The lowest BCUT2D eigenvalue weighted by atomic mass is 9.93. The van der Waals surface area contributed by atoms with Crippen LogP contribution >= 0.6 is 11.3 Å². The first-order chi connectivity index (χ1) is 8.84. The van der Waals surface area contributed by atoms with Gasteiger partial charge in [-0.1, -0.05) is 24.1 Å². The number of hydrogen-bond donors (Lipinski definition) is 0. The minimum Gasteiger partial charge on any atom is -0.289 e. The van der Waals surface area contributed by atoms with Gasteiger partial charge in [0, 0.05) is 10.3 Å². The number of allylic oxidation sites excluding steroid dienone is 2. The Labute approximate surface area is 111 Å². The van der Waals surface area contributed by atoms with Gasteiger partial charge in [0.05, 0.1) is 0 Å². The van der Waals surface area contributed by atoms with Crippen LogP contribution in [0.25, 0.3) is 10.1 Å². The third kappa shape index (κ3) is 2.25. The van der Waals surface area contributed by atoms with E-state index in [1.165, 1.54) is 30.2 Å². The summed E-state index contributed by atoms with van der Waals surface area (Å²) in [4.78, 5) is 12.4. The number of carbonyl (C=O) groups is 1. The molecule has 0 bridgehead atoms. The molecule has 0 N–H and O–H groups in total. The van der Waals surface area contributed by atoms with Gasteiger partial charge in [-0.15, -0.1) is 11.3 Å². The summed E-state index contributed by atoms with van der Waals surface area (Å²) in [6.07, 6.45) is 7.88. The van der Waals surface area contributed by atoms with Crippen LogP contribution < -0.4 is 0 Å². The van der Waals surface area contributed by atoms with E-state index in [1.54, 1.807) is 11.3 Å². The van der Waals surface area contributed by atoms with E-state index < -0.39 is 0 Å². The maximum atomic E-state index is 12.4. The first kappa shape index (κ1) is 11.7. The van der Waals surface area contributed by atoms with Crippen molar-refractivity contribution in [3.63, 3.8) is 0 Å². The highest BCUT2D eigenvalue weighted by Gasteiger charge is 2.11. The summed E-state index contributed by atoms with van der Waals surface area (Å²) in [5.74, 6) is 0.181. The number of hydrogen-bond acceptors (Lipinski definition) is 2. The summed E-state index contributed by atoms with van der Waals surface area (Å²) in [5, 5.41) is 3.22. The van der Waals surface area contributed by atoms with Crippen LogP contribution in [0.2, 0.25) is 0 Å². The highest BCUT2D eigenvalue weighted by Crippen LogP contribution is 2.27. The van der Waals surface area contributed by atoms with Crippen molar-refractivity contribution in [1.82, 2.24) is 0 Å². The molecule has 0 unspecified atom stereocenters. The third-order valence-electron chi connectivity index (χ3n) is 3.58. The molecule has 3 rings (SSSR count). The minimum atomic E-state index is 0.181. The van der Waals surface area contributed by atoms with Gasteiger partial charge in [0.25, 0.3) is 0 Å². The lowest BCUT2D eigenvalue weighted by molar-refractivity contribution is 0.104. The van der Waals surface area contributed by atoms with Gasteiger partial charge in [0.15, 0.2) is 5.78 Å². The van der Waals surface area contributed by atoms with E-state index in [-0.39, 0.29) is 5.78 Å². The van der Waals surface area contributed by atoms with Gasteiger partial charge >= 0.3 is 0 Å².